The van der Waals surface area contributed by atoms with Gasteiger partial charge in [0.15, 0.2) is 5.82 Å². The maximum absolute atomic E-state index is 17.0. The summed E-state index contributed by atoms with van der Waals surface area (Å²) in [4.78, 5) is 60.8. The van der Waals surface area contributed by atoms with Crippen molar-refractivity contribution in [2.75, 3.05) is 33.8 Å². The molecule has 3 aliphatic heterocycles. The second kappa shape index (κ2) is 16.3. The first-order chi connectivity index (χ1) is 29.5. The van der Waals surface area contributed by atoms with E-state index < -0.39 is 24.0 Å². The largest absolute Gasteiger partial charge is 0.453 e. The van der Waals surface area contributed by atoms with Gasteiger partial charge < -0.3 is 29.8 Å². The second-order valence-corrected chi connectivity index (χ2v) is 16.9. The molecule has 2 aromatic heterocycles. The maximum Gasteiger partial charge on any atom is 0.407 e. The fraction of sp³-hybridized carbons (Fsp3) is 0.354. The number of hydrogen-bond acceptors (Lipinski definition) is 7. The van der Waals surface area contributed by atoms with Crippen LogP contribution in [0.5, 0.6) is 0 Å². The molecule has 9 rings (SSSR count). The van der Waals surface area contributed by atoms with Crippen molar-refractivity contribution in [1.82, 2.24) is 40.0 Å². The number of imidazole rings is 2. The molecule has 3 aliphatic rings. The normalized spacial score (nSPS) is 20.9. The molecule has 0 saturated carbocycles. The third-order valence-electron chi connectivity index (χ3n) is 12.8. The fourth-order valence-electron chi connectivity index (χ4n) is 9.42. The first kappa shape index (κ1) is 40.1. The Hall–Kier alpha value is -6.34. The quantitative estimate of drug-likeness (QED) is 0.125. The van der Waals surface area contributed by atoms with Crippen molar-refractivity contribution >= 4 is 28.7 Å². The summed E-state index contributed by atoms with van der Waals surface area (Å²) in [6.07, 6.45) is 6.08. The van der Waals surface area contributed by atoms with Crippen molar-refractivity contribution in [3.63, 3.8) is 0 Å². The average Bonchev–Trinajstić information content (AvgIpc) is 4.12. The number of aromatic amines is 2. The summed E-state index contributed by atoms with van der Waals surface area (Å²) in [5.41, 5.74) is 7.59. The molecular formula is C48H51FN8O4. The number of alkyl halides is 1. The number of H-pyrrole nitrogens is 2. The molecule has 3 N–H and O–H groups in total. The van der Waals surface area contributed by atoms with Gasteiger partial charge in [-0.05, 0) is 89.4 Å². The van der Waals surface area contributed by atoms with Gasteiger partial charge in [-0.1, -0.05) is 86.6 Å². The van der Waals surface area contributed by atoms with E-state index in [1.54, 1.807) is 6.20 Å². The molecule has 4 atom stereocenters. The highest BCUT2D eigenvalue weighted by Gasteiger charge is 2.50. The zero-order valence-electron chi connectivity index (χ0n) is 35.0. The van der Waals surface area contributed by atoms with Crippen LogP contribution in [0.3, 0.4) is 0 Å². The molecule has 13 heteroatoms. The number of aromatic nitrogens is 4. The van der Waals surface area contributed by atoms with Crippen molar-refractivity contribution < 1.29 is 23.5 Å². The van der Waals surface area contributed by atoms with Gasteiger partial charge in [-0.15, -0.1) is 0 Å². The van der Waals surface area contributed by atoms with Gasteiger partial charge in [0.25, 0.3) is 0 Å². The maximum atomic E-state index is 17.0. The number of nitrogens with one attached hydrogen (secondary N) is 3. The van der Waals surface area contributed by atoms with Gasteiger partial charge >= 0.3 is 6.09 Å². The summed E-state index contributed by atoms with van der Waals surface area (Å²) in [5.74, 6) is -1.62. The van der Waals surface area contributed by atoms with Crippen LogP contribution >= 0.6 is 0 Å². The molecule has 0 spiro atoms. The number of likely N-dealkylation sites (tertiary alicyclic amines) is 2. The monoisotopic (exact) mass is 822 g/mol. The van der Waals surface area contributed by atoms with Crippen LogP contribution in [0.1, 0.15) is 74.4 Å². The number of alkyl carbamates (subject to hydrolysis) is 1. The minimum Gasteiger partial charge on any atom is -0.453 e. The predicted molar refractivity (Wildman–Crippen MR) is 232 cm³/mol. The second-order valence-electron chi connectivity index (χ2n) is 16.9. The smallest absolute Gasteiger partial charge is 0.407 e. The Bertz CT molecular complexity index is 2600. The van der Waals surface area contributed by atoms with Crippen LogP contribution in [0.4, 0.5) is 9.18 Å². The number of fused-ring (bicyclic) bond motifs is 2. The molecule has 2 fully saturated rings. The van der Waals surface area contributed by atoms with Crippen LogP contribution in [0.15, 0.2) is 97.3 Å². The Morgan fingerprint density at radius 2 is 1.52 bits per heavy atom. The fourth-order valence-corrected chi connectivity index (χ4v) is 9.42. The van der Waals surface area contributed by atoms with Crippen LogP contribution in [-0.4, -0.2) is 92.4 Å². The van der Waals surface area contributed by atoms with E-state index >= 15 is 4.39 Å². The first-order valence-electron chi connectivity index (χ1n) is 21.2. The highest BCUT2D eigenvalue weighted by Crippen LogP contribution is 2.43. The van der Waals surface area contributed by atoms with Crippen molar-refractivity contribution in [2.24, 2.45) is 5.92 Å². The van der Waals surface area contributed by atoms with Crippen molar-refractivity contribution in [2.45, 2.75) is 69.9 Å². The number of ether oxygens (including phenoxy) is 1. The topological polar surface area (TPSA) is 140 Å². The molecule has 0 aliphatic carbocycles. The van der Waals surface area contributed by atoms with Crippen LogP contribution in [0.25, 0.3) is 44.4 Å². The minimum absolute atomic E-state index is 0.109. The van der Waals surface area contributed by atoms with Crippen molar-refractivity contribution in [1.29, 1.82) is 0 Å². The minimum atomic E-state index is -2.02. The van der Waals surface area contributed by atoms with Crippen molar-refractivity contribution in [3.05, 3.63) is 120 Å². The van der Waals surface area contributed by atoms with Crippen LogP contribution in [-0.2, 0) is 26.5 Å². The Labute approximate surface area is 354 Å². The third kappa shape index (κ3) is 7.45. The standard InChI is InChI=1S/C48H51FN8O4/c1-29(2)41(54-47(60)61-4)44(58)56-22-7-11-40(56)43-50-27-39(52-43)36-19-18-34-25-33(16-17-35(34)26-36)30-12-14-32(15-13-30)38-28-51-46(53-38)48(49)21-8-23-57(48)45(59)42-37-10-6-5-9-31(37)20-24-55(42)3/h5-6,9-10,12-19,25-29,40-42H,7-8,11,20-24H2,1-4H3,(H,50,52)(H,51,53)(H,54,60)/t40-,41?,42+,48-/m0/s1. The Kier molecular flexibility index (Phi) is 10.7. The summed E-state index contributed by atoms with van der Waals surface area (Å²) < 4.78 is 21.8. The molecular weight excluding hydrogens is 772 g/mol. The van der Waals surface area contributed by atoms with E-state index in [9.17, 15) is 14.4 Å². The highest BCUT2D eigenvalue weighted by atomic mass is 19.1. The first-order valence-corrected chi connectivity index (χ1v) is 21.2. The van der Waals surface area contributed by atoms with E-state index in [-0.39, 0.29) is 36.0 Å². The Morgan fingerprint density at radius 3 is 2.30 bits per heavy atom. The Balaban J connectivity index is 0.885. The lowest BCUT2D eigenvalue weighted by Crippen LogP contribution is -2.51. The molecule has 2 saturated heterocycles. The lowest BCUT2D eigenvalue weighted by atomic mass is 9.92. The summed E-state index contributed by atoms with van der Waals surface area (Å²) >= 11 is 0. The van der Waals surface area contributed by atoms with E-state index in [1.165, 1.54) is 12.0 Å². The van der Waals surface area contributed by atoms with Crippen molar-refractivity contribution in [3.8, 4) is 33.6 Å². The number of nitrogens with zero attached hydrogens (tertiary/aromatic N) is 5. The molecule has 6 aromatic rings. The van der Waals surface area contributed by atoms with Crippen LogP contribution < -0.4 is 5.32 Å². The van der Waals surface area contributed by atoms with Gasteiger partial charge in [0.1, 0.15) is 17.9 Å². The summed E-state index contributed by atoms with van der Waals surface area (Å²) in [5, 5.41) is 4.86. The lowest BCUT2D eigenvalue weighted by Gasteiger charge is -2.38. The van der Waals surface area contributed by atoms with E-state index in [4.69, 9.17) is 9.72 Å². The molecule has 12 nitrogen and oxygen atoms in total. The SMILES string of the molecule is COC(=O)NC(C(=O)N1CCC[C@H]1c1ncc(-c2ccc3cc(-c4ccc(-c5cnc([C@]6(F)CCCN6C(=O)[C@H]6c7ccccc7CCN6C)[nH]5)cc4)ccc3c2)[nH]1)C(C)C. The van der Waals surface area contributed by atoms with Crippen LogP contribution in [0, 0.1) is 5.92 Å². The molecule has 314 valence electrons. The van der Waals surface area contributed by atoms with Gasteiger partial charge in [-0.25, -0.2) is 19.2 Å². The zero-order valence-corrected chi connectivity index (χ0v) is 35.0. The summed E-state index contributed by atoms with van der Waals surface area (Å²) in [7, 11) is 3.23. The molecule has 1 unspecified atom stereocenters. The number of amides is 3. The average molecular weight is 823 g/mol. The number of rotatable bonds is 9. The summed E-state index contributed by atoms with van der Waals surface area (Å²) in [6.45, 7) is 5.47. The van der Waals surface area contributed by atoms with Gasteiger partial charge in [0.2, 0.25) is 17.6 Å². The lowest BCUT2D eigenvalue weighted by molar-refractivity contribution is -0.150. The summed E-state index contributed by atoms with van der Waals surface area (Å²) in [6, 6.07) is 27.3. The van der Waals surface area contributed by atoms with E-state index in [1.807, 2.05) is 67.2 Å². The number of methoxy groups -OCH3 is 1. The molecule has 0 radical (unpaired) electrons. The van der Waals surface area contributed by atoms with Gasteiger partial charge in [0.05, 0.1) is 36.9 Å². The molecule has 61 heavy (non-hydrogen) atoms. The van der Waals surface area contributed by atoms with Gasteiger partial charge in [-0.2, -0.15) is 0 Å². The molecule has 3 amide bonds. The molecule has 4 aromatic carbocycles. The number of carbonyl (C=O) groups is 3. The van der Waals surface area contributed by atoms with E-state index in [0.29, 0.717) is 25.2 Å². The van der Waals surface area contributed by atoms with Crippen LogP contribution in [0.2, 0.25) is 0 Å². The number of benzene rings is 4. The third-order valence-corrected chi connectivity index (χ3v) is 12.8. The predicted octanol–water partition coefficient (Wildman–Crippen LogP) is 8.31. The number of carbonyl (C=O) groups excluding carboxylic acids is 3. The Morgan fingerprint density at radius 1 is 0.836 bits per heavy atom. The molecule has 5 heterocycles. The zero-order chi connectivity index (χ0) is 42.4. The molecule has 0 bridgehead atoms. The van der Waals surface area contributed by atoms with E-state index in [0.717, 1.165) is 81.5 Å². The highest BCUT2D eigenvalue weighted by molar-refractivity contribution is 5.91. The van der Waals surface area contributed by atoms with Gasteiger partial charge in [-0.3, -0.25) is 14.5 Å². The van der Waals surface area contributed by atoms with E-state index in [2.05, 4.69) is 74.9 Å². The number of likely N-dealkylation sites (N-methyl/N-ethyl adjacent to an activating group) is 1. The number of hydrogen-bond donors (Lipinski definition) is 3. The van der Waals surface area contributed by atoms with Gasteiger partial charge in [0, 0.05) is 31.6 Å². The number of halogens is 1.